The summed E-state index contributed by atoms with van der Waals surface area (Å²) >= 11 is 3.35. The Balaban J connectivity index is 2.93. The van der Waals surface area contributed by atoms with Gasteiger partial charge in [-0.1, -0.05) is 15.9 Å². The van der Waals surface area contributed by atoms with Gasteiger partial charge in [0.25, 0.3) is 0 Å². The van der Waals surface area contributed by atoms with Crippen molar-refractivity contribution in [1.82, 2.24) is 4.98 Å². The van der Waals surface area contributed by atoms with Crippen LogP contribution in [0.5, 0.6) is 0 Å². The van der Waals surface area contributed by atoms with Crippen LogP contribution in [-0.2, 0) is 0 Å². The molecule has 0 atom stereocenters. The smallest absolute Gasteiger partial charge is 0.176 e. The molecule has 0 saturated carbocycles. The third-order valence-corrected chi connectivity index (χ3v) is 3.12. The predicted molar refractivity (Wildman–Crippen MR) is 60.7 cm³/mol. The second kappa shape index (κ2) is 3.45. The molecular formula is C11H9BrFNO. The lowest BCUT2D eigenvalue weighted by Gasteiger charge is -1.96. The number of Topliss-reactive ketones (excluding diaryl/α,β-unsaturated/α-hetero) is 1. The molecular weight excluding hydrogens is 261 g/mol. The molecule has 0 aliphatic heterocycles. The van der Waals surface area contributed by atoms with Crippen LogP contribution in [0, 0.1) is 12.7 Å². The first-order chi connectivity index (χ1) is 7.02. The highest BCUT2D eigenvalue weighted by atomic mass is 79.9. The molecule has 2 aromatic rings. The number of aromatic amines is 1. The van der Waals surface area contributed by atoms with Gasteiger partial charge in [-0.25, -0.2) is 4.39 Å². The molecule has 1 aromatic carbocycles. The summed E-state index contributed by atoms with van der Waals surface area (Å²) in [4.78, 5) is 14.1. The average Bonchev–Trinajstić information content (AvgIpc) is 2.51. The molecule has 0 unspecified atom stereocenters. The number of ketones is 1. The standard InChI is InChI=1S/C11H9BrFNO/c1-5-9-7(12)3-4-8(13)11(9)14-10(5)6(2)15/h3-4,14H,1-2H3. The van der Waals surface area contributed by atoms with Crippen LogP contribution >= 0.6 is 15.9 Å². The van der Waals surface area contributed by atoms with Crippen LogP contribution in [0.3, 0.4) is 0 Å². The minimum absolute atomic E-state index is 0.0880. The highest BCUT2D eigenvalue weighted by Gasteiger charge is 2.15. The molecule has 1 heterocycles. The van der Waals surface area contributed by atoms with Gasteiger partial charge in [-0.2, -0.15) is 0 Å². The van der Waals surface area contributed by atoms with Crippen LogP contribution in [0.15, 0.2) is 16.6 Å². The Morgan fingerprint density at radius 3 is 2.67 bits per heavy atom. The largest absolute Gasteiger partial charge is 0.349 e. The van der Waals surface area contributed by atoms with Crippen molar-refractivity contribution >= 4 is 32.6 Å². The molecule has 2 rings (SSSR count). The van der Waals surface area contributed by atoms with E-state index in [9.17, 15) is 9.18 Å². The molecule has 78 valence electrons. The number of hydrogen-bond donors (Lipinski definition) is 1. The quantitative estimate of drug-likeness (QED) is 0.789. The summed E-state index contributed by atoms with van der Waals surface area (Å²) in [6.45, 7) is 3.27. The maximum absolute atomic E-state index is 13.5. The first-order valence-corrected chi connectivity index (χ1v) is 5.29. The second-order valence-corrected chi connectivity index (χ2v) is 4.31. The number of aromatic nitrogens is 1. The summed E-state index contributed by atoms with van der Waals surface area (Å²) in [6.07, 6.45) is 0. The number of carbonyl (C=O) groups is 1. The van der Waals surface area contributed by atoms with E-state index in [0.717, 1.165) is 15.4 Å². The minimum Gasteiger partial charge on any atom is -0.349 e. The molecule has 0 bridgehead atoms. The van der Waals surface area contributed by atoms with Gasteiger partial charge < -0.3 is 4.98 Å². The monoisotopic (exact) mass is 269 g/mol. The maximum atomic E-state index is 13.5. The third kappa shape index (κ3) is 1.49. The minimum atomic E-state index is -0.344. The molecule has 15 heavy (non-hydrogen) atoms. The van der Waals surface area contributed by atoms with E-state index >= 15 is 0 Å². The van der Waals surface area contributed by atoms with E-state index in [1.54, 1.807) is 13.0 Å². The van der Waals surface area contributed by atoms with Gasteiger partial charge in [0.05, 0.1) is 11.2 Å². The van der Waals surface area contributed by atoms with E-state index in [-0.39, 0.29) is 11.6 Å². The highest BCUT2D eigenvalue weighted by molar-refractivity contribution is 9.10. The number of nitrogens with one attached hydrogen (secondary N) is 1. The number of aryl methyl sites for hydroxylation is 1. The van der Waals surface area contributed by atoms with Crippen molar-refractivity contribution in [3.8, 4) is 0 Å². The summed E-state index contributed by atoms with van der Waals surface area (Å²) in [6, 6.07) is 3.01. The van der Waals surface area contributed by atoms with Gasteiger partial charge in [0.1, 0.15) is 5.82 Å². The number of fused-ring (bicyclic) bond motifs is 1. The average molecular weight is 270 g/mol. The maximum Gasteiger partial charge on any atom is 0.176 e. The lowest BCUT2D eigenvalue weighted by atomic mass is 10.1. The van der Waals surface area contributed by atoms with Gasteiger partial charge in [-0.15, -0.1) is 0 Å². The van der Waals surface area contributed by atoms with E-state index < -0.39 is 0 Å². The Morgan fingerprint density at radius 1 is 1.47 bits per heavy atom. The van der Waals surface area contributed by atoms with Crippen LogP contribution in [0.4, 0.5) is 4.39 Å². The van der Waals surface area contributed by atoms with Crippen molar-refractivity contribution in [2.45, 2.75) is 13.8 Å². The molecule has 0 aliphatic rings. The highest BCUT2D eigenvalue weighted by Crippen LogP contribution is 2.30. The lowest BCUT2D eigenvalue weighted by Crippen LogP contribution is -1.93. The number of carbonyl (C=O) groups excluding carboxylic acids is 1. The van der Waals surface area contributed by atoms with Gasteiger partial charge in [0.15, 0.2) is 5.78 Å². The van der Waals surface area contributed by atoms with Gasteiger partial charge in [0.2, 0.25) is 0 Å². The van der Waals surface area contributed by atoms with Crippen LogP contribution in [0.2, 0.25) is 0 Å². The van der Waals surface area contributed by atoms with E-state index in [4.69, 9.17) is 0 Å². The third-order valence-electron chi connectivity index (χ3n) is 2.46. The zero-order valence-electron chi connectivity index (χ0n) is 8.32. The molecule has 0 saturated heterocycles. The zero-order valence-corrected chi connectivity index (χ0v) is 9.90. The van der Waals surface area contributed by atoms with E-state index in [1.807, 2.05) is 0 Å². The Morgan fingerprint density at radius 2 is 2.13 bits per heavy atom. The van der Waals surface area contributed by atoms with Crippen molar-refractivity contribution in [3.63, 3.8) is 0 Å². The number of hydrogen-bond acceptors (Lipinski definition) is 1. The molecule has 0 aliphatic carbocycles. The van der Waals surface area contributed by atoms with Crippen LogP contribution < -0.4 is 0 Å². The van der Waals surface area contributed by atoms with Crippen molar-refractivity contribution in [2.75, 3.05) is 0 Å². The fraction of sp³-hybridized carbons (Fsp3) is 0.182. The van der Waals surface area contributed by atoms with Gasteiger partial charge in [-0.3, -0.25) is 4.79 Å². The summed E-state index contributed by atoms with van der Waals surface area (Å²) in [5, 5.41) is 0.736. The van der Waals surface area contributed by atoms with E-state index in [0.29, 0.717) is 11.2 Å². The Labute approximate surface area is 94.6 Å². The molecule has 0 amide bonds. The predicted octanol–water partition coefficient (Wildman–Crippen LogP) is 3.58. The lowest BCUT2D eigenvalue weighted by molar-refractivity contribution is 0.101. The SMILES string of the molecule is CC(=O)c1[nH]c2c(F)ccc(Br)c2c1C. The zero-order chi connectivity index (χ0) is 11.2. The Hall–Kier alpha value is -1.16. The van der Waals surface area contributed by atoms with Crippen molar-refractivity contribution in [1.29, 1.82) is 0 Å². The first kappa shape index (κ1) is 10.4. The van der Waals surface area contributed by atoms with Gasteiger partial charge in [-0.05, 0) is 24.6 Å². The Kier molecular flexibility index (Phi) is 2.38. The van der Waals surface area contributed by atoms with Gasteiger partial charge in [0, 0.05) is 16.8 Å². The molecule has 0 radical (unpaired) electrons. The van der Waals surface area contributed by atoms with E-state index in [2.05, 4.69) is 20.9 Å². The summed E-state index contributed by atoms with van der Waals surface area (Å²) < 4.78 is 14.3. The van der Waals surface area contributed by atoms with Gasteiger partial charge >= 0.3 is 0 Å². The first-order valence-electron chi connectivity index (χ1n) is 4.49. The fourth-order valence-corrected chi connectivity index (χ4v) is 2.36. The number of halogens is 2. The number of benzene rings is 1. The van der Waals surface area contributed by atoms with Crippen molar-refractivity contribution in [3.05, 3.63) is 33.7 Å². The fourth-order valence-electron chi connectivity index (χ4n) is 1.74. The van der Waals surface area contributed by atoms with Crippen molar-refractivity contribution in [2.24, 2.45) is 0 Å². The molecule has 2 nitrogen and oxygen atoms in total. The second-order valence-electron chi connectivity index (χ2n) is 3.46. The molecule has 1 aromatic heterocycles. The summed E-state index contributed by atoms with van der Waals surface area (Å²) in [7, 11) is 0. The summed E-state index contributed by atoms with van der Waals surface area (Å²) in [5.74, 6) is -0.432. The Bertz CT molecular complexity index is 559. The van der Waals surface area contributed by atoms with Crippen LogP contribution in [0.25, 0.3) is 10.9 Å². The molecule has 1 N–H and O–H groups in total. The number of rotatable bonds is 1. The topological polar surface area (TPSA) is 32.9 Å². The number of H-pyrrole nitrogens is 1. The summed E-state index contributed by atoms with van der Waals surface area (Å²) in [5.41, 5.74) is 1.63. The normalized spacial score (nSPS) is 10.9. The van der Waals surface area contributed by atoms with E-state index in [1.165, 1.54) is 13.0 Å². The van der Waals surface area contributed by atoms with Crippen LogP contribution in [0.1, 0.15) is 23.0 Å². The molecule has 4 heteroatoms. The van der Waals surface area contributed by atoms with Crippen molar-refractivity contribution < 1.29 is 9.18 Å². The molecule has 0 spiro atoms. The molecule has 0 fully saturated rings. The van der Waals surface area contributed by atoms with Crippen LogP contribution in [-0.4, -0.2) is 10.8 Å².